The average Bonchev–Trinajstić information content (AvgIpc) is 2.47. The van der Waals surface area contributed by atoms with Crippen LogP contribution in [0.3, 0.4) is 0 Å². The molecular formula is C15H22F3N3O2S. The van der Waals surface area contributed by atoms with E-state index < -0.39 is 26.7 Å². The molecule has 1 aliphatic rings. The van der Waals surface area contributed by atoms with Gasteiger partial charge in [0.2, 0.25) is 10.0 Å². The Labute approximate surface area is 140 Å². The Bertz CT molecular complexity index is 684. The second-order valence-electron chi connectivity index (χ2n) is 6.35. The molecule has 2 N–H and O–H groups in total. The van der Waals surface area contributed by atoms with Gasteiger partial charge in [0, 0.05) is 19.3 Å². The molecule has 1 aromatic rings. The van der Waals surface area contributed by atoms with Crippen LogP contribution in [0, 0.1) is 5.92 Å². The van der Waals surface area contributed by atoms with Gasteiger partial charge in [-0.1, -0.05) is 0 Å². The van der Waals surface area contributed by atoms with E-state index in [0.717, 1.165) is 38.1 Å². The lowest BCUT2D eigenvalue weighted by atomic mass is 9.96. The Kier molecular flexibility index (Phi) is 5.46. The highest BCUT2D eigenvalue weighted by molar-refractivity contribution is 7.89. The van der Waals surface area contributed by atoms with Gasteiger partial charge in [-0.25, -0.2) is 13.6 Å². The van der Waals surface area contributed by atoms with Gasteiger partial charge >= 0.3 is 6.18 Å². The third-order valence-electron chi connectivity index (χ3n) is 4.39. The molecule has 1 fully saturated rings. The molecule has 0 amide bonds. The van der Waals surface area contributed by atoms with Crippen molar-refractivity contribution in [2.45, 2.75) is 23.9 Å². The van der Waals surface area contributed by atoms with Crippen molar-refractivity contribution in [2.75, 3.05) is 38.6 Å². The Balaban J connectivity index is 2.24. The first-order chi connectivity index (χ1) is 11.0. The predicted octanol–water partition coefficient (Wildman–Crippen LogP) is 2.13. The minimum atomic E-state index is -4.79. The maximum atomic E-state index is 13.2. The highest BCUT2D eigenvalue weighted by Crippen LogP contribution is 2.36. The normalized spacial score (nSPS) is 17.9. The van der Waals surface area contributed by atoms with Crippen molar-refractivity contribution in [2.24, 2.45) is 11.1 Å². The van der Waals surface area contributed by atoms with E-state index in [9.17, 15) is 21.6 Å². The molecule has 9 heteroatoms. The highest BCUT2D eigenvalue weighted by atomic mass is 32.2. The number of alkyl halides is 3. The summed E-state index contributed by atoms with van der Waals surface area (Å²) < 4.78 is 62.3. The van der Waals surface area contributed by atoms with Gasteiger partial charge < -0.3 is 9.80 Å². The van der Waals surface area contributed by atoms with Gasteiger partial charge in [-0.3, -0.25) is 0 Å². The number of piperidine rings is 1. The summed E-state index contributed by atoms with van der Waals surface area (Å²) in [4.78, 5) is 3.06. The van der Waals surface area contributed by atoms with Crippen molar-refractivity contribution < 1.29 is 21.6 Å². The van der Waals surface area contributed by atoms with Gasteiger partial charge in [0.15, 0.2) is 0 Å². The number of anilines is 1. The summed E-state index contributed by atoms with van der Waals surface area (Å²) in [7, 11) is -0.681. The topological polar surface area (TPSA) is 66.6 Å². The standard InChI is InChI=1S/C15H22F3N3O2S/c1-20-7-5-11(6-8-20)10-21(2)12-3-4-14(24(19,22)23)13(9-12)15(16,17)18/h3-4,9,11H,5-8,10H2,1-2H3,(H2,19,22,23). The van der Waals surface area contributed by atoms with Gasteiger partial charge in [0.05, 0.1) is 10.5 Å². The molecule has 1 saturated heterocycles. The Hall–Kier alpha value is -1.32. The van der Waals surface area contributed by atoms with E-state index in [2.05, 4.69) is 4.90 Å². The number of benzene rings is 1. The van der Waals surface area contributed by atoms with Crippen LogP contribution >= 0.6 is 0 Å². The molecule has 1 aliphatic heterocycles. The number of primary sulfonamides is 1. The fourth-order valence-electron chi connectivity index (χ4n) is 2.96. The summed E-state index contributed by atoms with van der Waals surface area (Å²) in [6, 6.07) is 3.15. The van der Waals surface area contributed by atoms with Gasteiger partial charge in [-0.05, 0) is 57.1 Å². The maximum Gasteiger partial charge on any atom is 0.417 e. The quantitative estimate of drug-likeness (QED) is 0.888. The van der Waals surface area contributed by atoms with Crippen LogP contribution < -0.4 is 10.0 Å². The summed E-state index contributed by atoms with van der Waals surface area (Å²) in [6.07, 6.45) is -2.81. The van der Waals surface area contributed by atoms with Gasteiger partial charge in [-0.2, -0.15) is 13.2 Å². The van der Waals surface area contributed by atoms with Crippen LogP contribution in [0.1, 0.15) is 18.4 Å². The molecule has 5 nitrogen and oxygen atoms in total. The molecule has 2 rings (SSSR count). The zero-order valence-electron chi connectivity index (χ0n) is 13.7. The lowest BCUT2D eigenvalue weighted by Crippen LogP contribution is -2.35. The van der Waals surface area contributed by atoms with E-state index in [0.29, 0.717) is 18.2 Å². The predicted molar refractivity (Wildman–Crippen MR) is 86.3 cm³/mol. The number of nitrogens with two attached hydrogens (primary N) is 1. The minimum absolute atomic E-state index is 0.327. The van der Waals surface area contributed by atoms with Crippen LogP contribution in [0.25, 0.3) is 0 Å². The minimum Gasteiger partial charge on any atom is -0.374 e. The molecule has 0 aromatic heterocycles. The zero-order valence-corrected chi connectivity index (χ0v) is 14.5. The molecular weight excluding hydrogens is 343 g/mol. The van der Waals surface area contributed by atoms with E-state index in [-0.39, 0.29) is 0 Å². The van der Waals surface area contributed by atoms with Gasteiger partial charge in [0.1, 0.15) is 0 Å². The Morgan fingerprint density at radius 1 is 1.29 bits per heavy atom. The summed E-state index contributed by atoms with van der Waals surface area (Å²) in [5.74, 6) is 0.401. The fraction of sp³-hybridized carbons (Fsp3) is 0.600. The number of nitrogens with zero attached hydrogens (tertiary/aromatic N) is 2. The molecule has 136 valence electrons. The highest BCUT2D eigenvalue weighted by Gasteiger charge is 2.37. The van der Waals surface area contributed by atoms with Crippen molar-refractivity contribution in [3.8, 4) is 0 Å². The smallest absolute Gasteiger partial charge is 0.374 e. The van der Waals surface area contributed by atoms with Crippen LogP contribution in [-0.4, -0.2) is 47.0 Å². The second-order valence-corrected chi connectivity index (χ2v) is 7.88. The average molecular weight is 365 g/mol. The summed E-state index contributed by atoms with van der Waals surface area (Å²) in [5, 5.41) is 4.90. The monoisotopic (exact) mass is 365 g/mol. The first kappa shape index (κ1) is 19.0. The largest absolute Gasteiger partial charge is 0.417 e. The van der Waals surface area contributed by atoms with Crippen molar-refractivity contribution >= 4 is 15.7 Å². The molecule has 0 bridgehead atoms. The van der Waals surface area contributed by atoms with Crippen molar-refractivity contribution in [1.29, 1.82) is 0 Å². The van der Waals surface area contributed by atoms with Crippen LogP contribution in [0.5, 0.6) is 0 Å². The van der Waals surface area contributed by atoms with Crippen molar-refractivity contribution in [3.63, 3.8) is 0 Å². The van der Waals surface area contributed by atoms with Gasteiger partial charge in [-0.15, -0.1) is 0 Å². The Morgan fingerprint density at radius 3 is 2.38 bits per heavy atom. The third kappa shape index (κ3) is 4.61. The molecule has 1 aromatic carbocycles. The molecule has 24 heavy (non-hydrogen) atoms. The molecule has 0 unspecified atom stereocenters. The third-order valence-corrected chi connectivity index (χ3v) is 5.36. The molecule has 0 radical (unpaired) electrons. The molecule has 1 heterocycles. The number of rotatable bonds is 4. The number of sulfonamides is 1. The van der Waals surface area contributed by atoms with E-state index in [1.54, 1.807) is 11.9 Å². The summed E-state index contributed by atoms with van der Waals surface area (Å²) in [5.41, 5.74) is -0.897. The summed E-state index contributed by atoms with van der Waals surface area (Å²) >= 11 is 0. The molecule has 0 atom stereocenters. The lowest BCUT2D eigenvalue weighted by Gasteiger charge is -2.32. The van der Waals surface area contributed by atoms with E-state index in [1.807, 2.05) is 7.05 Å². The van der Waals surface area contributed by atoms with Crippen molar-refractivity contribution in [1.82, 2.24) is 4.90 Å². The van der Waals surface area contributed by atoms with E-state index >= 15 is 0 Å². The zero-order chi connectivity index (χ0) is 18.1. The van der Waals surface area contributed by atoms with Gasteiger partial charge in [0.25, 0.3) is 0 Å². The van der Waals surface area contributed by atoms with Crippen LogP contribution in [-0.2, 0) is 16.2 Å². The number of hydrogen-bond acceptors (Lipinski definition) is 4. The number of likely N-dealkylation sites (tertiary alicyclic amines) is 1. The molecule has 0 spiro atoms. The lowest BCUT2D eigenvalue weighted by molar-refractivity contribution is -0.139. The first-order valence-corrected chi connectivity index (χ1v) is 9.17. The van der Waals surface area contributed by atoms with E-state index in [1.165, 1.54) is 6.07 Å². The fourth-order valence-corrected chi connectivity index (χ4v) is 3.70. The first-order valence-electron chi connectivity index (χ1n) is 7.62. The van der Waals surface area contributed by atoms with Crippen molar-refractivity contribution in [3.05, 3.63) is 23.8 Å². The van der Waals surface area contributed by atoms with Crippen LogP contribution in [0.2, 0.25) is 0 Å². The SMILES string of the molecule is CN1CCC(CN(C)c2ccc(S(N)(=O)=O)c(C(F)(F)F)c2)CC1. The maximum absolute atomic E-state index is 13.2. The second kappa shape index (κ2) is 6.89. The van der Waals surface area contributed by atoms with Crippen LogP contribution in [0.4, 0.5) is 18.9 Å². The molecule has 0 saturated carbocycles. The van der Waals surface area contributed by atoms with E-state index in [4.69, 9.17) is 5.14 Å². The summed E-state index contributed by atoms with van der Waals surface area (Å²) in [6.45, 7) is 2.56. The van der Waals surface area contributed by atoms with Crippen LogP contribution in [0.15, 0.2) is 23.1 Å². The number of halogens is 3. The molecule has 0 aliphatic carbocycles. The Morgan fingerprint density at radius 2 is 1.88 bits per heavy atom. The number of hydrogen-bond donors (Lipinski definition) is 1.